The van der Waals surface area contributed by atoms with Gasteiger partial charge in [0.25, 0.3) is 5.91 Å². The minimum atomic E-state index is -1.08. The number of nitrogens with zero attached hydrogens (tertiary/aromatic N) is 2. The molecule has 1 amide bonds. The molecule has 0 aliphatic heterocycles. The maximum atomic E-state index is 13.6. The van der Waals surface area contributed by atoms with Crippen LogP contribution in [0.25, 0.3) is 0 Å². The number of carboxylic acid groups (broad SMARTS) is 1. The summed E-state index contributed by atoms with van der Waals surface area (Å²) in [7, 11) is 0. The van der Waals surface area contributed by atoms with Gasteiger partial charge in [-0.3, -0.25) is 9.69 Å². The highest BCUT2D eigenvalue weighted by molar-refractivity contribution is 5.96. The predicted molar refractivity (Wildman–Crippen MR) is 179 cm³/mol. The van der Waals surface area contributed by atoms with E-state index in [9.17, 15) is 14.7 Å². The summed E-state index contributed by atoms with van der Waals surface area (Å²) in [6.07, 6.45) is 0. The molecular formula is C39H38N2O5. The van der Waals surface area contributed by atoms with Gasteiger partial charge in [0, 0.05) is 31.7 Å². The summed E-state index contributed by atoms with van der Waals surface area (Å²) in [6, 6.07) is 43.3. The van der Waals surface area contributed by atoms with Crippen LogP contribution in [0.1, 0.15) is 34.0 Å². The molecule has 0 saturated carbocycles. The third-order valence-corrected chi connectivity index (χ3v) is 7.59. The zero-order valence-electron chi connectivity index (χ0n) is 25.9. The summed E-state index contributed by atoms with van der Waals surface area (Å²) in [5.41, 5.74) is 3.60. The van der Waals surface area contributed by atoms with Crippen molar-refractivity contribution in [3.63, 3.8) is 0 Å². The van der Waals surface area contributed by atoms with E-state index in [2.05, 4.69) is 29.2 Å². The van der Waals surface area contributed by atoms with Crippen LogP contribution >= 0.6 is 0 Å². The zero-order valence-corrected chi connectivity index (χ0v) is 25.9. The van der Waals surface area contributed by atoms with Gasteiger partial charge in [0.1, 0.15) is 29.9 Å². The van der Waals surface area contributed by atoms with Crippen LogP contribution in [0.3, 0.4) is 0 Å². The van der Waals surface area contributed by atoms with E-state index < -0.39 is 12.0 Å². The van der Waals surface area contributed by atoms with Crippen molar-refractivity contribution in [2.45, 2.75) is 32.6 Å². The molecule has 7 heteroatoms. The lowest BCUT2D eigenvalue weighted by Gasteiger charge is -2.27. The summed E-state index contributed by atoms with van der Waals surface area (Å²) >= 11 is 0. The van der Waals surface area contributed by atoms with Gasteiger partial charge >= 0.3 is 5.97 Å². The number of aliphatic carboxylic acids is 1. The van der Waals surface area contributed by atoms with Gasteiger partial charge in [-0.1, -0.05) is 91.0 Å². The van der Waals surface area contributed by atoms with Gasteiger partial charge in [-0.05, 0) is 72.1 Å². The van der Waals surface area contributed by atoms with E-state index in [1.807, 2.05) is 91.0 Å². The fourth-order valence-corrected chi connectivity index (χ4v) is 5.10. The Bertz CT molecular complexity index is 1640. The molecule has 1 N–H and O–H groups in total. The van der Waals surface area contributed by atoms with E-state index in [0.29, 0.717) is 36.0 Å². The maximum Gasteiger partial charge on any atom is 0.326 e. The van der Waals surface area contributed by atoms with Crippen LogP contribution in [0.5, 0.6) is 17.2 Å². The number of carbonyl (C=O) groups is 2. The first-order chi connectivity index (χ1) is 22.4. The molecule has 1 unspecified atom stereocenters. The smallest absolute Gasteiger partial charge is 0.326 e. The monoisotopic (exact) mass is 614 g/mol. The number of hydrogen-bond acceptors (Lipinski definition) is 5. The molecule has 0 aliphatic carbocycles. The first kappa shape index (κ1) is 32.0. The summed E-state index contributed by atoms with van der Waals surface area (Å²) in [5.74, 6) is 0.466. The van der Waals surface area contributed by atoms with Gasteiger partial charge < -0.3 is 19.5 Å². The third kappa shape index (κ3) is 9.30. The van der Waals surface area contributed by atoms with Crippen LogP contribution in [-0.2, 0) is 24.4 Å². The van der Waals surface area contributed by atoms with Gasteiger partial charge in [-0.2, -0.15) is 0 Å². The summed E-state index contributed by atoms with van der Waals surface area (Å²) in [6.45, 7) is 4.39. The van der Waals surface area contributed by atoms with Crippen molar-refractivity contribution in [3.05, 3.63) is 162 Å². The normalized spacial score (nSPS) is 11.5. The van der Waals surface area contributed by atoms with E-state index in [1.165, 1.54) is 23.0 Å². The summed E-state index contributed by atoms with van der Waals surface area (Å²) in [5, 5.41) is 9.81. The van der Waals surface area contributed by atoms with Gasteiger partial charge in [-0.15, -0.1) is 0 Å². The van der Waals surface area contributed by atoms with Crippen LogP contribution in [0, 0.1) is 0 Å². The predicted octanol–water partition coefficient (Wildman–Crippen LogP) is 7.68. The van der Waals surface area contributed by atoms with E-state index >= 15 is 0 Å². The molecule has 0 spiro atoms. The number of benzene rings is 5. The second-order valence-corrected chi connectivity index (χ2v) is 11.1. The van der Waals surface area contributed by atoms with E-state index in [4.69, 9.17) is 9.47 Å². The molecule has 0 heterocycles. The van der Waals surface area contributed by atoms with Crippen molar-refractivity contribution in [3.8, 4) is 17.2 Å². The van der Waals surface area contributed by atoms with Gasteiger partial charge in [0.05, 0.1) is 0 Å². The lowest BCUT2D eigenvalue weighted by molar-refractivity contribution is -0.141. The summed E-state index contributed by atoms with van der Waals surface area (Å²) in [4.78, 5) is 29.3. The SMILES string of the molecule is CC(C(=O)O)N(Cc1cccc(Oc2ccccc2)c1)C(=O)c1ccc(OCCN(Cc2ccccc2)Cc2ccccc2)cc1. The lowest BCUT2D eigenvalue weighted by Crippen LogP contribution is -2.42. The molecule has 0 fully saturated rings. The molecule has 0 bridgehead atoms. The number of para-hydroxylation sites is 1. The summed E-state index contributed by atoms with van der Waals surface area (Å²) < 4.78 is 12.0. The number of amides is 1. The van der Waals surface area contributed by atoms with Crippen molar-refractivity contribution >= 4 is 11.9 Å². The van der Waals surface area contributed by atoms with Crippen molar-refractivity contribution in [1.82, 2.24) is 9.80 Å². The van der Waals surface area contributed by atoms with Crippen LogP contribution in [0.4, 0.5) is 0 Å². The Labute approximate surface area is 270 Å². The maximum absolute atomic E-state index is 13.6. The Morgan fingerprint density at radius 3 is 1.76 bits per heavy atom. The van der Waals surface area contributed by atoms with E-state index in [-0.39, 0.29) is 12.5 Å². The highest BCUT2D eigenvalue weighted by Crippen LogP contribution is 2.24. The van der Waals surface area contributed by atoms with Crippen molar-refractivity contribution in [2.75, 3.05) is 13.2 Å². The molecule has 5 aromatic rings. The minimum Gasteiger partial charge on any atom is -0.492 e. The number of carbonyl (C=O) groups excluding carboxylic acids is 1. The van der Waals surface area contributed by atoms with Crippen molar-refractivity contribution in [2.24, 2.45) is 0 Å². The number of carboxylic acids is 1. The standard InChI is InChI=1S/C39H38N2O5/c1-30(39(43)44)41(29-33-16-11-19-37(26-33)46-36-17-9-4-10-18-36)38(42)34-20-22-35(23-21-34)45-25-24-40(27-31-12-5-2-6-13-31)28-32-14-7-3-8-15-32/h2-23,26,30H,24-25,27-29H2,1H3,(H,43,44). The fraction of sp³-hybridized carbons (Fsp3) is 0.179. The van der Waals surface area contributed by atoms with Crippen LogP contribution in [-0.4, -0.2) is 46.0 Å². The molecule has 46 heavy (non-hydrogen) atoms. The first-order valence-electron chi connectivity index (χ1n) is 15.3. The Balaban J connectivity index is 1.22. The second kappa shape index (κ2) is 16.1. The molecule has 7 nitrogen and oxygen atoms in total. The minimum absolute atomic E-state index is 0.106. The zero-order chi connectivity index (χ0) is 32.1. The topological polar surface area (TPSA) is 79.3 Å². The van der Waals surface area contributed by atoms with E-state index in [1.54, 1.807) is 24.3 Å². The Morgan fingerprint density at radius 2 is 1.17 bits per heavy atom. The highest BCUT2D eigenvalue weighted by atomic mass is 16.5. The van der Waals surface area contributed by atoms with Gasteiger partial charge in [0.2, 0.25) is 0 Å². The lowest BCUT2D eigenvalue weighted by atomic mass is 10.1. The number of ether oxygens (including phenoxy) is 2. The van der Waals surface area contributed by atoms with Crippen molar-refractivity contribution < 1.29 is 24.2 Å². The Hall–Kier alpha value is -5.40. The first-order valence-corrected chi connectivity index (χ1v) is 15.3. The molecule has 0 radical (unpaired) electrons. The Morgan fingerprint density at radius 1 is 0.630 bits per heavy atom. The molecule has 234 valence electrons. The highest BCUT2D eigenvalue weighted by Gasteiger charge is 2.27. The Kier molecular flexibility index (Phi) is 11.2. The third-order valence-electron chi connectivity index (χ3n) is 7.59. The number of rotatable bonds is 15. The molecule has 1 atom stereocenters. The average Bonchev–Trinajstić information content (AvgIpc) is 3.08. The van der Waals surface area contributed by atoms with Crippen LogP contribution < -0.4 is 9.47 Å². The quantitative estimate of drug-likeness (QED) is 0.130. The molecule has 0 aliphatic rings. The molecule has 0 saturated heterocycles. The van der Waals surface area contributed by atoms with Gasteiger partial charge in [0.15, 0.2) is 0 Å². The largest absolute Gasteiger partial charge is 0.492 e. The molecule has 5 rings (SSSR count). The van der Waals surface area contributed by atoms with Crippen LogP contribution in [0.15, 0.2) is 140 Å². The molecule has 5 aromatic carbocycles. The molecule has 0 aromatic heterocycles. The fourth-order valence-electron chi connectivity index (χ4n) is 5.10. The van der Waals surface area contributed by atoms with Crippen molar-refractivity contribution in [1.29, 1.82) is 0 Å². The van der Waals surface area contributed by atoms with Crippen LogP contribution in [0.2, 0.25) is 0 Å². The number of hydrogen-bond donors (Lipinski definition) is 1. The van der Waals surface area contributed by atoms with E-state index in [0.717, 1.165) is 18.7 Å². The average molecular weight is 615 g/mol. The van der Waals surface area contributed by atoms with Gasteiger partial charge in [-0.25, -0.2) is 4.79 Å². The second-order valence-electron chi connectivity index (χ2n) is 11.1. The molecular weight excluding hydrogens is 576 g/mol.